The molecule has 1 aliphatic rings. The molecule has 0 unspecified atom stereocenters. The van der Waals surface area contributed by atoms with Crippen LogP contribution in [0.4, 0.5) is 10.3 Å². The molecule has 1 aromatic carbocycles. The molecule has 0 fully saturated rings. The van der Waals surface area contributed by atoms with Crippen molar-refractivity contribution in [1.82, 2.24) is 24.4 Å². The van der Waals surface area contributed by atoms with Crippen molar-refractivity contribution in [2.75, 3.05) is 5.32 Å². The third-order valence-electron chi connectivity index (χ3n) is 5.70. The van der Waals surface area contributed by atoms with Crippen LogP contribution in [0, 0.1) is 12.7 Å². The number of aryl methyl sites for hydroxylation is 2. The molecular weight excluding hydrogens is 367 g/mol. The van der Waals surface area contributed by atoms with E-state index in [0.29, 0.717) is 5.95 Å². The number of pyridine rings is 1. The summed E-state index contributed by atoms with van der Waals surface area (Å²) in [5.74, 6) is 0.388. The predicted molar refractivity (Wildman–Crippen MR) is 110 cm³/mol. The fourth-order valence-electron chi connectivity index (χ4n) is 4.27. The fraction of sp³-hybridized carbons (Fsp3) is 0.318. The Balaban J connectivity index is 1.44. The van der Waals surface area contributed by atoms with E-state index in [4.69, 9.17) is 4.98 Å². The van der Waals surface area contributed by atoms with E-state index < -0.39 is 0 Å². The number of hydrogen-bond donors (Lipinski definition) is 1. The summed E-state index contributed by atoms with van der Waals surface area (Å²) in [5.41, 5.74) is 6.21. The Morgan fingerprint density at radius 1 is 1.24 bits per heavy atom. The molecular formula is C22H23FN6. The number of fused-ring (bicyclic) bond motifs is 2. The molecule has 0 radical (unpaired) electrons. The Morgan fingerprint density at radius 2 is 2.14 bits per heavy atom. The summed E-state index contributed by atoms with van der Waals surface area (Å²) in [5, 5.41) is 12.6. The summed E-state index contributed by atoms with van der Waals surface area (Å²) in [6.07, 6.45) is 6.83. The molecule has 7 heteroatoms. The van der Waals surface area contributed by atoms with E-state index >= 15 is 0 Å². The number of rotatable bonds is 4. The molecule has 148 valence electrons. The molecule has 6 nitrogen and oxygen atoms in total. The first-order valence-corrected chi connectivity index (χ1v) is 10.0. The van der Waals surface area contributed by atoms with Crippen molar-refractivity contribution in [3.63, 3.8) is 0 Å². The second-order valence-electron chi connectivity index (χ2n) is 7.60. The lowest BCUT2D eigenvalue weighted by Gasteiger charge is -2.23. The first-order valence-electron chi connectivity index (χ1n) is 10.0. The Labute approximate surface area is 168 Å². The normalized spacial score (nSPS) is 16.2. The molecule has 1 N–H and O–H groups in total. The van der Waals surface area contributed by atoms with Crippen molar-refractivity contribution in [3.05, 3.63) is 65.4 Å². The zero-order chi connectivity index (χ0) is 20.0. The summed E-state index contributed by atoms with van der Waals surface area (Å²) in [4.78, 5) is 4.75. The number of halogens is 1. The quantitative estimate of drug-likeness (QED) is 0.572. The monoisotopic (exact) mass is 390 g/mol. The second kappa shape index (κ2) is 6.99. The number of nitrogens with zero attached hydrogens (tertiary/aromatic N) is 5. The van der Waals surface area contributed by atoms with Gasteiger partial charge in [-0.2, -0.15) is 10.1 Å². The van der Waals surface area contributed by atoms with Crippen molar-refractivity contribution in [2.24, 2.45) is 0 Å². The molecule has 0 spiro atoms. The van der Waals surface area contributed by atoms with Crippen LogP contribution in [0.15, 0.2) is 42.7 Å². The molecule has 0 aliphatic heterocycles. The number of aromatic nitrogens is 5. The number of anilines is 1. The van der Waals surface area contributed by atoms with Gasteiger partial charge in [-0.3, -0.25) is 4.68 Å². The molecule has 0 saturated heterocycles. The van der Waals surface area contributed by atoms with E-state index in [2.05, 4.69) is 27.1 Å². The summed E-state index contributed by atoms with van der Waals surface area (Å²) in [6, 6.07) is 9.05. The van der Waals surface area contributed by atoms with Crippen LogP contribution in [-0.4, -0.2) is 30.4 Å². The van der Waals surface area contributed by atoms with Gasteiger partial charge in [-0.1, -0.05) is 6.07 Å². The van der Waals surface area contributed by atoms with Crippen molar-refractivity contribution in [1.29, 1.82) is 0 Å². The molecule has 5 rings (SSSR count). The zero-order valence-electron chi connectivity index (χ0n) is 16.6. The molecule has 1 aliphatic carbocycles. The average molecular weight is 390 g/mol. The van der Waals surface area contributed by atoms with Crippen LogP contribution in [-0.2, 0) is 19.4 Å². The van der Waals surface area contributed by atoms with Crippen molar-refractivity contribution in [2.45, 2.75) is 45.7 Å². The molecule has 4 aromatic rings. The van der Waals surface area contributed by atoms with Gasteiger partial charge in [-0.25, -0.2) is 8.91 Å². The minimum absolute atomic E-state index is 0.231. The molecule has 3 heterocycles. The highest BCUT2D eigenvalue weighted by Crippen LogP contribution is 2.28. The van der Waals surface area contributed by atoms with E-state index in [1.54, 1.807) is 16.6 Å². The van der Waals surface area contributed by atoms with Gasteiger partial charge in [0, 0.05) is 30.0 Å². The van der Waals surface area contributed by atoms with Gasteiger partial charge >= 0.3 is 0 Å². The summed E-state index contributed by atoms with van der Waals surface area (Å²) in [6.45, 7) is 4.94. The molecule has 3 aromatic heterocycles. The van der Waals surface area contributed by atoms with Crippen LogP contribution in [0.25, 0.3) is 16.8 Å². The van der Waals surface area contributed by atoms with Crippen LogP contribution in [0.1, 0.15) is 30.2 Å². The maximum Gasteiger partial charge on any atom is 0.243 e. The number of nitrogens with one attached hydrogen (secondary N) is 1. The van der Waals surface area contributed by atoms with Gasteiger partial charge < -0.3 is 5.32 Å². The maximum absolute atomic E-state index is 13.5. The Morgan fingerprint density at radius 3 is 2.97 bits per heavy atom. The molecule has 0 bridgehead atoms. The van der Waals surface area contributed by atoms with E-state index in [-0.39, 0.29) is 11.9 Å². The predicted octanol–water partition coefficient (Wildman–Crippen LogP) is 4.03. The number of hydrogen-bond acceptors (Lipinski definition) is 4. The van der Waals surface area contributed by atoms with Crippen LogP contribution in [0.2, 0.25) is 0 Å². The van der Waals surface area contributed by atoms with Crippen LogP contribution < -0.4 is 5.32 Å². The lowest BCUT2D eigenvalue weighted by atomic mass is 9.93. The summed E-state index contributed by atoms with van der Waals surface area (Å²) in [7, 11) is 0. The van der Waals surface area contributed by atoms with E-state index in [1.807, 2.05) is 31.5 Å². The molecule has 0 saturated carbocycles. The van der Waals surface area contributed by atoms with Gasteiger partial charge in [0.15, 0.2) is 5.65 Å². The van der Waals surface area contributed by atoms with Gasteiger partial charge in [0.2, 0.25) is 5.95 Å². The number of benzene rings is 1. The summed E-state index contributed by atoms with van der Waals surface area (Å²) < 4.78 is 17.4. The minimum atomic E-state index is -0.231. The van der Waals surface area contributed by atoms with E-state index in [1.165, 1.54) is 17.3 Å². The average Bonchev–Trinajstić information content (AvgIpc) is 3.31. The van der Waals surface area contributed by atoms with Gasteiger partial charge in [-0.05, 0) is 74.1 Å². The van der Waals surface area contributed by atoms with Gasteiger partial charge in [0.25, 0.3) is 0 Å². The Bertz CT molecular complexity index is 1190. The maximum atomic E-state index is 13.5. The van der Waals surface area contributed by atoms with Gasteiger partial charge in [-0.15, -0.1) is 5.10 Å². The Kier molecular flexibility index (Phi) is 4.30. The zero-order valence-corrected chi connectivity index (χ0v) is 16.6. The SMILES string of the molecule is CCn1ncc2c1CC[C@@H](Nc1nc3c(-c4ccc(F)cc4C)cccn3n1)C2. The standard InChI is InChI=1S/C22H23FN6/c1-3-28-20-9-7-17(12-15(20)13-24-28)25-22-26-21-19(5-4-10-29(21)27-22)18-8-6-16(23)11-14(18)2/h4-6,8,10-11,13,17H,3,7,9,12H2,1-2H3,(H,25,27)/t17-/m1/s1. The van der Waals surface area contributed by atoms with Crippen molar-refractivity contribution < 1.29 is 4.39 Å². The molecule has 29 heavy (non-hydrogen) atoms. The second-order valence-corrected chi connectivity index (χ2v) is 7.60. The van der Waals surface area contributed by atoms with E-state index in [9.17, 15) is 4.39 Å². The lowest BCUT2D eigenvalue weighted by molar-refractivity contribution is 0.552. The van der Waals surface area contributed by atoms with Crippen LogP contribution >= 0.6 is 0 Å². The van der Waals surface area contributed by atoms with Crippen LogP contribution in [0.3, 0.4) is 0 Å². The lowest BCUT2D eigenvalue weighted by Crippen LogP contribution is -2.28. The molecule has 1 atom stereocenters. The van der Waals surface area contributed by atoms with Gasteiger partial charge in [0.05, 0.1) is 6.20 Å². The first-order chi connectivity index (χ1) is 14.1. The molecule has 0 amide bonds. The minimum Gasteiger partial charge on any atom is -0.350 e. The smallest absolute Gasteiger partial charge is 0.243 e. The van der Waals surface area contributed by atoms with Crippen LogP contribution in [0.5, 0.6) is 0 Å². The largest absolute Gasteiger partial charge is 0.350 e. The summed E-state index contributed by atoms with van der Waals surface area (Å²) >= 11 is 0. The van der Waals surface area contributed by atoms with Crippen molar-refractivity contribution >= 4 is 11.6 Å². The topological polar surface area (TPSA) is 60.0 Å². The third kappa shape index (κ3) is 3.16. The third-order valence-corrected chi connectivity index (χ3v) is 5.70. The van der Waals surface area contributed by atoms with Crippen molar-refractivity contribution in [3.8, 4) is 11.1 Å². The highest BCUT2D eigenvalue weighted by Gasteiger charge is 2.23. The highest BCUT2D eigenvalue weighted by molar-refractivity contribution is 5.79. The van der Waals surface area contributed by atoms with Gasteiger partial charge in [0.1, 0.15) is 5.82 Å². The first kappa shape index (κ1) is 17.8. The van der Waals surface area contributed by atoms with E-state index in [0.717, 1.165) is 48.1 Å². The Hall–Kier alpha value is -3.22. The fourth-order valence-corrected chi connectivity index (χ4v) is 4.27. The highest BCUT2D eigenvalue weighted by atomic mass is 19.1.